The van der Waals surface area contributed by atoms with Gasteiger partial charge in [0.05, 0.1) is 5.52 Å². The molecule has 1 heterocycles. The van der Waals surface area contributed by atoms with Gasteiger partial charge in [0.15, 0.2) is 0 Å². The normalized spacial score (nSPS) is 17.1. The molecule has 0 unspecified atom stereocenters. The molecule has 1 N–H and O–H groups in total. The van der Waals surface area contributed by atoms with Crippen LogP contribution in [0.4, 0.5) is 0 Å². The van der Waals surface area contributed by atoms with Crippen molar-refractivity contribution in [2.75, 3.05) is 13.6 Å². The minimum absolute atomic E-state index is 0.0471. The fraction of sp³-hybridized carbons (Fsp3) is 0.438. The van der Waals surface area contributed by atoms with Gasteiger partial charge in [-0.1, -0.05) is 6.07 Å². The SMILES string of the molecule is CNCCC1(Oc2ccc3cccnc3c2)CCC1. The van der Waals surface area contributed by atoms with Crippen LogP contribution in [0.1, 0.15) is 25.7 Å². The highest BCUT2D eigenvalue weighted by Gasteiger charge is 2.38. The first-order valence-electron chi connectivity index (χ1n) is 7.00. The molecule has 0 atom stereocenters. The molecule has 1 saturated carbocycles. The van der Waals surface area contributed by atoms with E-state index >= 15 is 0 Å². The van der Waals surface area contributed by atoms with Crippen LogP contribution in [0.15, 0.2) is 36.5 Å². The van der Waals surface area contributed by atoms with Gasteiger partial charge in [-0.3, -0.25) is 4.98 Å². The Bertz CT molecular complexity index is 563. The van der Waals surface area contributed by atoms with E-state index in [-0.39, 0.29) is 5.60 Å². The summed E-state index contributed by atoms with van der Waals surface area (Å²) in [5.74, 6) is 0.946. The van der Waals surface area contributed by atoms with Crippen LogP contribution in [0.5, 0.6) is 5.75 Å². The monoisotopic (exact) mass is 256 g/mol. The van der Waals surface area contributed by atoms with Gasteiger partial charge in [-0.05, 0) is 57.5 Å². The number of ether oxygens (including phenoxy) is 1. The van der Waals surface area contributed by atoms with Gasteiger partial charge in [-0.15, -0.1) is 0 Å². The molecule has 1 aromatic carbocycles. The summed E-state index contributed by atoms with van der Waals surface area (Å²) >= 11 is 0. The number of pyridine rings is 1. The molecule has 3 nitrogen and oxygen atoms in total. The van der Waals surface area contributed by atoms with Crippen molar-refractivity contribution >= 4 is 10.9 Å². The molecular formula is C16H20N2O. The second kappa shape index (κ2) is 5.17. The van der Waals surface area contributed by atoms with Crippen LogP contribution in [0.3, 0.4) is 0 Å². The van der Waals surface area contributed by atoms with Crippen molar-refractivity contribution in [3.8, 4) is 5.75 Å². The van der Waals surface area contributed by atoms with Gasteiger partial charge in [-0.25, -0.2) is 0 Å². The van der Waals surface area contributed by atoms with Gasteiger partial charge >= 0.3 is 0 Å². The summed E-state index contributed by atoms with van der Waals surface area (Å²) in [6.45, 7) is 1.01. The van der Waals surface area contributed by atoms with Gasteiger partial charge < -0.3 is 10.1 Å². The Hall–Kier alpha value is -1.61. The first-order chi connectivity index (χ1) is 9.31. The summed E-state index contributed by atoms with van der Waals surface area (Å²) in [5, 5.41) is 4.37. The summed E-state index contributed by atoms with van der Waals surface area (Å²) in [7, 11) is 1.99. The highest BCUT2D eigenvalue weighted by molar-refractivity contribution is 5.79. The van der Waals surface area contributed by atoms with E-state index in [9.17, 15) is 0 Å². The van der Waals surface area contributed by atoms with Crippen molar-refractivity contribution in [2.45, 2.75) is 31.3 Å². The molecule has 1 aliphatic rings. The van der Waals surface area contributed by atoms with Crippen LogP contribution in [-0.4, -0.2) is 24.2 Å². The molecule has 0 aliphatic heterocycles. The number of fused-ring (bicyclic) bond motifs is 1. The average molecular weight is 256 g/mol. The van der Waals surface area contributed by atoms with Gasteiger partial charge in [-0.2, -0.15) is 0 Å². The molecule has 0 radical (unpaired) electrons. The van der Waals surface area contributed by atoms with Crippen LogP contribution < -0.4 is 10.1 Å². The lowest BCUT2D eigenvalue weighted by atomic mass is 9.77. The molecule has 0 spiro atoms. The maximum absolute atomic E-state index is 6.27. The number of nitrogens with one attached hydrogen (secondary N) is 1. The van der Waals surface area contributed by atoms with Crippen molar-refractivity contribution in [3.05, 3.63) is 36.5 Å². The zero-order valence-corrected chi connectivity index (χ0v) is 11.4. The van der Waals surface area contributed by atoms with E-state index in [1.807, 2.05) is 19.3 Å². The van der Waals surface area contributed by atoms with E-state index in [0.717, 1.165) is 42.5 Å². The zero-order chi connectivity index (χ0) is 13.1. The molecule has 1 aliphatic carbocycles. The Kier molecular flexibility index (Phi) is 3.38. The van der Waals surface area contributed by atoms with Crippen LogP contribution in [0.2, 0.25) is 0 Å². The molecule has 0 bridgehead atoms. The number of nitrogens with zero attached hydrogens (tertiary/aromatic N) is 1. The molecule has 100 valence electrons. The van der Waals surface area contributed by atoms with Gasteiger partial charge in [0.25, 0.3) is 0 Å². The van der Waals surface area contributed by atoms with E-state index in [2.05, 4.69) is 34.6 Å². The summed E-state index contributed by atoms with van der Waals surface area (Å²) in [4.78, 5) is 4.39. The molecule has 0 saturated heterocycles. The Morgan fingerprint density at radius 3 is 2.95 bits per heavy atom. The molecule has 0 amide bonds. The predicted octanol–water partition coefficient (Wildman–Crippen LogP) is 3.15. The maximum atomic E-state index is 6.27. The van der Waals surface area contributed by atoms with Crippen LogP contribution >= 0.6 is 0 Å². The van der Waals surface area contributed by atoms with Gasteiger partial charge in [0.2, 0.25) is 0 Å². The molecule has 2 aromatic rings. The first-order valence-corrected chi connectivity index (χ1v) is 7.00. The Morgan fingerprint density at radius 2 is 2.21 bits per heavy atom. The van der Waals surface area contributed by atoms with Crippen molar-refractivity contribution in [2.24, 2.45) is 0 Å². The summed E-state index contributed by atoms with van der Waals surface area (Å²) < 4.78 is 6.27. The fourth-order valence-corrected chi connectivity index (χ4v) is 2.69. The Morgan fingerprint density at radius 1 is 1.32 bits per heavy atom. The lowest BCUT2D eigenvalue weighted by Gasteiger charge is -2.42. The molecule has 19 heavy (non-hydrogen) atoms. The van der Waals surface area contributed by atoms with E-state index < -0.39 is 0 Å². The number of hydrogen-bond acceptors (Lipinski definition) is 3. The molecule has 3 heteroatoms. The first kappa shape index (κ1) is 12.4. The number of rotatable bonds is 5. The van der Waals surface area contributed by atoms with Crippen LogP contribution in [0, 0.1) is 0 Å². The zero-order valence-electron chi connectivity index (χ0n) is 11.4. The van der Waals surface area contributed by atoms with Crippen molar-refractivity contribution in [3.63, 3.8) is 0 Å². The molecule has 3 rings (SSSR count). The molecule has 1 fully saturated rings. The third kappa shape index (κ3) is 2.56. The van der Waals surface area contributed by atoms with Crippen molar-refractivity contribution in [1.82, 2.24) is 10.3 Å². The molecule has 1 aromatic heterocycles. The standard InChI is InChI=1S/C16H20N2O/c1-17-11-9-16(7-3-8-16)19-14-6-5-13-4-2-10-18-15(13)12-14/h2,4-6,10,12,17H,3,7-9,11H2,1H3. The highest BCUT2D eigenvalue weighted by Crippen LogP contribution is 2.39. The predicted molar refractivity (Wildman–Crippen MR) is 77.5 cm³/mol. The summed E-state index contributed by atoms with van der Waals surface area (Å²) in [5.41, 5.74) is 1.05. The van der Waals surface area contributed by atoms with Crippen LogP contribution in [0.25, 0.3) is 10.9 Å². The largest absolute Gasteiger partial charge is 0.487 e. The Balaban J connectivity index is 1.80. The summed E-state index contributed by atoms with van der Waals surface area (Å²) in [6.07, 6.45) is 6.50. The average Bonchev–Trinajstić information content (AvgIpc) is 2.41. The number of hydrogen-bond donors (Lipinski definition) is 1. The lowest BCUT2D eigenvalue weighted by Crippen LogP contribution is -2.45. The summed E-state index contributed by atoms with van der Waals surface area (Å²) in [6, 6.07) is 10.2. The Labute approximate surface area is 114 Å². The number of aromatic nitrogens is 1. The fourth-order valence-electron chi connectivity index (χ4n) is 2.69. The third-order valence-electron chi connectivity index (χ3n) is 4.01. The van der Waals surface area contributed by atoms with Gasteiger partial charge in [0, 0.05) is 17.6 Å². The van der Waals surface area contributed by atoms with Crippen LogP contribution in [-0.2, 0) is 0 Å². The second-order valence-corrected chi connectivity index (χ2v) is 5.35. The minimum Gasteiger partial charge on any atom is -0.487 e. The lowest BCUT2D eigenvalue weighted by molar-refractivity contribution is -0.0137. The van der Waals surface area contributed by atoms with E-state index in [1.54, 1.807) is 0 Å². The maximum Gasteiger partial charge on any atom is 0.122 e. The smallest absolute Gasteiger partial charge is 0.122 e. The third-order valence-corrected chi connectivity index (χ3v) is 4.01. The highest BCUT2D eigenvalue weighted by atomic mass is 16.5. The number of benzene rings is 1. The van der Waals surface area contributed by atoms with Gasteiger partial charge in [0.1, 0.15) is 11.4 Å². The minimum atomic E-state index is 0.0471. The van der Waals surface area contributed by atoms with Crippen molar-refractivity contribution < 1.29 is 4.74 Å². The van der Waals surface area contributed by atoms with Crippen molar-refractivity contribution in [1.29, 1.82) is 0 Å². The quantitative estimate of drug-likeness (QED) is 0.892. The second-order valence-electron chi connectivity index (χ2n) is 5.35. The van der Waals surface area contributed by atoms with E-state index in [1.165, 1.54) is 6.42 Å². The van der Waals surface area contributed by atoms with E-state index in [0.29, 0.717) is 0 Å². The van der Waals surface area contributed by atoms with E-state index in [4.69, 9.17) is 4.74 Å². The topological polar surface area (TPSA) is 34.1 Å². The molecular weight excluding hydrogens is 236 g/mol.